The smallest absolute Gasteiger partial charge is 0.241 e. The summed E-state index contributed by atoms with van der Waals surface area (Å²) in [5.41, 5.74) is 4.37. The number of rotatable bonds is 6. The number of nitrogens with one attached hydrogen (secondary N) is 1. The van der Waals surface area contributed by atoms with E-state index in [1.165, 1.54) is 0 Å². The third kappa shape index (κ3) is 5.06. The Kier molecular flexibility index (Phi) is 5.85. The van der Waals surface area contributed by atoms with Crippen LogP contribution in [-0.2, 0) is 21.4 Å². The van der Waals surface area contributed by atoms with Crippen molar-refractivity contribution in [2.24, 2.45) is 0 Å². The van der Waals surface area contributed by atoms with Crippen molar-refractivity contribution in [1.29, 1.82) is 0 Å². The number of amides is 1. The average molecular weight is 360 g/mol. The fourth-order valence-electron chi connectivity index (χ4n) is 2.56. The number of sulfonamides is 1. The lowest BCUT2D eigenvalue weighted by Gasteiger charge is -2.24. The van der Waals surface area contributed by atoms with Gasteiger partial charge in [-0.15, -0.1) is 0 Å². The first-order valence-corrected chi connectivity index (χ1v) is 9.89. The molecule has 0 aliphatic carbocycles. The zero-order valence-corrected chi connectivity index (χ0v) is 15.9. The molecule has 0 aliphatic heterocycles. The number of carbonyl (C=O) groups is 1. The van der Waals surface area contributed by atoms with E-state index in [-0.39, 0.29) is 12.5 Å². The van der Waals surface area contributed by atoms with Crippen molar-refractivity contribution in [3.05, 3.63) is 64.7 Å². The van der Waals surface area contributed by atoms with Crippen molar-refractivity contribution in [3.8, 4) is 0 Å². The second-order valence-corrected chi connectivity index (χ2v) is 8.17. The molecule has 1 amide bonds. The van der Waals surface area contributed by atoms with Crippen LogP contribution in [0.5, 0.6) is 0 Å². The molecule has 2 aromatic rings. The molecular formula is C19H24N2O3S. The largest absolute Gasteiger partial charge is 0.350 e. The van der Waals surface area contributed by atoms with Gasteiger partial charge in [0, 0.05) is 6.54 Å². The molecule has 5 nitrogen and oxygen atoms in total. The lowest BCUT2D eigenvalue weighted by atomic mass is 10.1. The van der Waals surface area contributed by atoms with Gasteiger partial charge in [-0.3, -0.25) is 9.10 Å². The summed E-state index contributed by atoms with van der Waals surface area (Å²) in [6.45, 7) is 5.82. The van der Waals surface area contributed by atoms with Crippen LogP contribution >= 0.6 is 0 Å². The molecular weight excluding hydrogens is 336 g/mol. The third-order valence-corrected chi connectivity index (χ3v) is 5.18. The van der Waals surface area contributed by atoms with Crippen LogP contribution in [0.1, 0.15) is 22.3 Å². The van der Waals surface area contributed by atoms with Gasteiger partial charge in [0.25, 0.3) is 0 Å². The lowest BCUT2D eigenvalue weighted by Crippen LogP contribution is -2.40. The van der Waals surface area contributed by atoms with Crippen LogP contribution < -0.4 is 9.62 Å². The van der Waals surface area contributed by atoms with Crippen LogP contribution in [0.25, 0.3) is 0 Å². The van der Waals surface area contributed by atoms with Crippen LogP contribution in [0.4, 0.5) is 5.69 Å². The fraction of sp³-hybridized carbons (Fsp3) is 0.316. The van der Waals surface area contributed by atoms with Gasteiger partial charge >= 0.3 is 0 Å². The highest BCUT2D eigenvalue weighted by Crippen LogP contribution is 2.23. The van der Waals surface area contributed by atoms with E-state index in [9.17, 15) is 13.2 Å². The monoisotopic (exact) mass is 360 g/mol. The molecule has 1 N–H and O–H groups in total. The van der Waals surface area contributed by atoms with E-state index in [0.717, 1.165) is 32.8 Å². The van der Waals surface area contributed by atoms with Gasteiger partial charge in [0.15, 0.2) is 0 Å². The molecule has 6 heteroatoms. The lowest BCUT2D eigenvalue weighted by molar-refractivity contribution is -0.119. The minimum absolute atomic E-state index is 0.241. The SMILES string of the molecule is Cc1ccc(C)c(N(CC(=O)NCc2ccccc2C)S(C)(=O)=O)c1. The number of hydrogen-bond donors (Lipinski definition) is 1. The number of anilines is 1. The van der Waals surface area contributed by atoms with Crippen LogP contribution in [0.3, 0.4) is 0 Å². The van der Waals surface area contributed by atoms with E-state index in [1.54, 1.807) is 6.07 Å². The van der Waals surface area contributed by atoms with E-state index in [0.29, 0.717) is 12.2 Å². The van der Waals surface area contributed by atoms with Crippen molar-refractivity contribution in [3.63, 3.8) is 0 Å². The summed E-state index contributed by atoms with van der Waals surface area (Å²) < 4.78 is 25.6. The van der Waals surface area contributed by atoms with Gasteiger partial charge in [-0.2, -0.15) is 0 Å². The van der Waals surface area contributed by atoms with Crippen LogP contribution in [-0.4, -0.2) is 27.1 Å². The van der Waals surface area contributed by atoms with Crippen LogP contribution in [0.15, 0.2) is 42.5 Å². The zero-order chi connectivity index (χ0) is 18.6. The van der Waals surface area contributed by atoms with Crippen molar-refractivity contribution in [2.45, 2.75) is 27.3 Å². The normalized spacial score (nSPS) is 11.2. The molecule has 0 heterocycles. The maximum Gasteiger partial charge on any atom is 0.241 e. The Morgan fingerprint density at radius 2 is 1.72 bits per heavy atom. The maximum absolute atomic E-state index is 12.3. The quantitative estimate of drug-likeness (QED) is 0.861. The first-order chi connectivity index (χ1) is 11.7. The Morgan fingerprint density at radius 3 is 2.36 bits per heavy atom. The first kappa shape index (κ1) is 19.0. The van der Waals surface area contributed by atoms with E-state index >= 15 is 0 Å². The zero-order valence-electron chi connectivity index (χ0n) is 15.0. The summed E-state index contributed by atoms with van der Waals surface area (Å²) in [6.07, 6.45) is 1.11. The van der Waals surface area contributed by atoms with E-state index < -0.39 is 10.0 Å². The predicted molar refractivity (Wildman–Crippen MR) is 101 cm³/mol. The number of nitrogens with zero attached hydrogens (tertiary/aromatic N) is 1. The van der Waals surface area contributed by atoms with Crippen molar-refractivity contribution < 1.29 is 13.2 Å². The summed E-state index contributed by atoms with van der Waals surface area (Å²) in [7, 11) is -3.57. The number of hydrogen-bond acceptors (Lipinski definition) is 3. The van der Waals surface area contributed by atoms with Crippen LogP contribution in [0.2, 0.25) is 0 Å². The topological polar surface area (TPSA) is 66.5 Å². The molecule has 0 aromatic heterocycles. The summed E-state index contributed by atoms with van der Waals surface area (Å²) in [5.74, 6) is -0.338. The fourth-order valence-corrected chi connectivity index (χ4v) is 3.46. The molecule has 0 radical (unpaired) electrons. The van der Waals surface area contributed by atoms with Gasteiger partial charge in [0.1, 0.15) is 6.54 Å². The summed E-state index contributed by atoms with van der Waals surface area (Å²) in [5, 5.41) is 2.80. The van der Waals surface area contributed by atoms with E-state index in [1.807, 2.05) is 57.2 Å². The van der Waals surface area contributed by atoms with Gasteiger partial charge in [-0.1, -0.05) is 36.4 Å². The summed E-state index contributed by atoms with van der Waals surface area (Å²) >= 11 is 0. The number of benzene rings is 2. The van der Waals surface area contributed by atoms with Crippen LogP contribution in [0, 0.1) is 20.8 Å². The van der Waals surface area contributed by atoms with Crippen molar-refractivity contribution in [1.82, 2.24) is 5.32 Å². The van der Waals surface area contributed by atoms with Gasteiger partial charge < -0.3 is 5.32 Å². The molecule has 2 rings (SSSR count). The summed E-state index contributed by atoms with van der Waals surface area (Å²) in [6, 6.07) is 13.3. The van der Waals surface area contributed by atoms with E-state index in [4.69, 9.17) is 0 Å². The Hall–Kier alpha value is -2.34. The van der Waals surface area contributed by atoms with Gasteiger partial charge in [-0.25, -0.2) is 8.42 Å². The first-order valence-electron chi connectivity index (χ1n) is 8.04. The molecule has 134 valence electrons. The molecule has 2 aromatic carbocycles. The van der Waals surface area contributed by atoms with Crippen molar-refractivity contribution in [2.75, 3.05) is 17.1 Å². The maximum atomic E-state index is 12.3. The highest BCUT2D eigenvalue weighted by molar-refractivity contribution is 7.92. The molecule has 0 atom stereocenters. The molecule has 0 aliphatic rings. The van der Waals surface area contributed by atoms with Gasteiger partial charge in [0.05, 0.1) is 11.9 Å². The van der Waals surface area contributed by atoms with E-state index in [2.05, 4.69) is 5.32 Å². The highest BCUT2D eigenvalue weighted by atomic mass is 32.2. The minimum atomic E-state index is -3.57. The van der Waals surface area contributed by atoms with Crippen molar-refractivity contribution >= 4 is 21.6 Å². The Labute approximate surface area is 149 Å². The molecule has 0 fully saturated rings. The standard InChI is InChI=1S/C19H24N2O3S/c1-14-9-10-16(3)18(11-14)21(25(4,23)24)13-19(22)20-12-17-8-6-5-7-15(17)2/h5-11H,12-13H2,1-4H3,(H,20,22). The summed E-state index contributed by atoms with van der Waals surface area (Å²) in [4.78, 5) is 12.3. The molecule has 0 saturated heterocycles. The Morgan fingerprint density at radius 1 is 1.04 bits per heavy atom. The second-order valence-electron chi connectivity index (χ2n) is 6.26. The van der Waals surface area contributed by atoms with Gasteiger partial charge in [0.2, 0.25) is 15.9 Å². The number of aryl methyl sites for hydroxylation is 3. The Balaban J connectivity index is 2.16. The highest BCUT2D eigenvalue weighted by Gasteiger charge is 2.22. The molecule has 0 unspecified atom stereocenters. The minimum Gasteiger partial charge on any atom is -0.350 e. The second kappa shape index (κ2) is 7.70. The molecule has 0 bridgehead atoms. The predicted octanol–water partition coefficient (Wildman–Crippen LogP) is 2.69. The molecule has 0 spiro atoms. The molecule has 25 heavy (non-hydrogen) atoms. The molecule has 0 saturated carbocycles. The van der Waals surface area contributed by atoms with Gasteiger partial charge in [-0.05, 0) is 49.1 Å². The average Bonchev–Trinajstić information content (AvgIpc) is 2.53. The third-order valence-electron chi connectivity index (χ3n) is 4.06. The number of carbonyl (C=O) groups excluding carboxylic acids is 1. The Bertz CT molecular complexity index is 876.